The lowest BCUT2D eigenvalue weighted by atomic mass is 10.1. The summed E-state index contributed by atoms with van der Waals surface area (Å²) < 4.78 is 5.69. The Bertz CT molecular complexity index is 599. The zero-order valence-corrected chi connectivity index (χ0v) is 13.6. The second-order valence-electron chi connectivity index (χ2n) is 5.78. The molecule has 1 aromatic carbocycles. The summed E-state index contributed by atoms with van der Waals surface area (Å²) in [6, 6.07) is 9.50. The summed E-state index contributed by atoms with van der Waals surface area (Å²) in [5.41, 5.74) is 1.51. The van der Waals surface area contributed by atoms with E-state index in [-0.39, 0.29) is 5.91 Å². The first kappa shape index (κ1) is 17.0. The molecule has 2 rings (SSSR count). The van der Waals surface area contributed by atoms with Crippen LogP contribution in [0.25, 0.3) is 0 Å². The third-order valence-corrected chi connectivity index (χ3v) is 3.79. The van der Waals surface area contributed by atoms with Crippen LogP contribution < -0.4 is 4.74 Å². The Morgan fingerprint density at radius 2 is 2.00 bits per heavy atom. The standard InChI is InChI=1S/C18H23N3O2/c1-15(2)14-23-17-7-4-3-6-16(17)18(22)21-12-10-20(11-13-21)9-5-8-19/h3-4,6-7H,1,5,9-14H2,2H3. The van der Waals surface area contributed by atoms with Crippen molar-refractivity contribution in [1.29, 1.82) is 5.26 Å². The molecule has 1 aromatic rings. The molecule has 5 heteroatoms. The number of piperazine rings is 1. The number of carbonyl (C=O) groups excluding carboxylic acids is 1. The summed E-state index contributed by atoms with van der Waals surface area (Å²) in [5.74, 6) is 0.606. The Hall–Kier alpha value is -2.32. The molecule has 1 fully saturated rings. The Morgan fingerprint density at radius 3 is 2.65 bits per heavy atom. The quantitative estimate of drug-likeness (QED) is 0.756. The number of ether oxygens (including phenoxy) is 1. The molecule has 23 heavy (non-hydrogen) atoms. The number of hydrogen-bond donors (Lipinski definition) is 0. The molecule has 0 aliphatic carbocycles. The van der Waals surface area contributed by atoms with E-state index in [9.17, 15) is 4.79 Å². The van der Waals surface area contributed by atoms with E-state index in [1.807, 2.05) is 30.0 Å². The first-order valence-corrected chi connectivity index (χ1v) is 7.86. The van der Waals surface area contributed by atoms with Gasteiger partial charge in [-0.15, -0.1) is 0 Å². The van der Waals surface area contributed by atoms with E-state index in [2.05, 4.69) is 17.5 Å². The van der Waals surface area contributed by atoms with E-state index in [0.717, 1.165) is 25.2 Å². The Kier molecular flexibility index (Phi) is 6.19. The molecule has 0 bridgehead atoms. The van der Waals surface area contributed by atoms with Crippen molar-refractivity contribution in [1.82, 2.24) is 9.80 Å². The van der Waals surface area contributed by atoms with Crippen LogP contribution in [-0.2, 0) is 0 Å². The maximum atomic E-state index is 12.7. The highest BCUT2D eigenvalue weighted by Crippen LogP contribution is 2.21. The zero-order valence-electron chi connectivity index (χ0n) is 13.6. The Balaban J connectivity index is 1.99. The van der Waals surface area contributed by atoms with Crippen molar-refractivity contribution < 1.29 is 9.53 Å². The van der Waals surface area contributed by atoms with Gasteiger partial charge in [-0.25, -0.2) is 0 Å². The van der Waals surface area contributed by atoms with Gasteiger partial charge in [0, 0.05) is 39.1 Å². The molecule has 0 aromatic heterocycles. The van der Waals surface area contributed by atoms with E-state index in [4.69, 9.17) is 10.00 Å². The second-order valence-corrected chi connectivity index (χ2v) is 5.78. The van der Waals surface area contributed by atoms with Gasteiger partial charge in [0.25, 0.3) is 5.91 Å². The monoisotopic (exact) mass is 313 g/mol. The van der Waals surface area contributed by atoms with Crippen molar-refractivity contribution >= 4 is 5.91 Å². The summed E-state index contributed by atoms with van der Waals surface area (Å²) in [4.78, 5) is 16.8. The van der Waals surface area contributed by atoms with E-state index in [0.29, 0.717) is 37.4 Å². The number of amides is 1. The molecular weight excluding hydrogens is 290 g/mol. The van der Waals surface area contributed by atoms with Gasteiger partial charge in [-0.1, -0.05) is 18.7 Å². The van der Waals surface area contributed by atoms with Crippen molar-refractivity contribution in [2.24, 2.45) is 0 Å². The lowest BCUT2D eigenvalue weighted by molar-refractivity contribution is 0.0636. The first-order valence-electron chi connectivity index (χ1n) is 7.86. The van der Waals surface area contributed by atoms with Gasteiger partial charge < -0.3 is 9.64 Å². The van der Waals surface area contributed by atoms with E-state index in [1.54, 1.807) is 6.07 Å². The van der Waals surface area contributed by atoms with Gasteiger partial charge in [-0.3, -0.25) is 9.69 Å². The number of para-hydroxylation sites is 1. The zero-order chi connectivity index (χ0) is 16.7. The first-order chi connectivity index (χ1) is 11.1. The highest BCUT2D eigenvalue weighted by atomic mass is 16.5. The molecule has 5 nitrogen and oxygen atoms in total. The van der Waals surface area contributed by atoms with Gasteiger partial charge in [0.05, 0.1) is 11.6 Å². The minimum absolute atomic E-state index is 0.00208. The minimum Gasteiger partial charge on any atom is -0.488 e. The lowest BCUT2D eigenvalue weighted by Crippen LogP contribution is -2.48. The summed E-state index contributed by atoms with van der Waals surface area (Å²) in [6.45, 7) is 9.87. The van der Waals surface area contributed by atoms with Crippen LogP contribution in [-0.4, -0.2) is 55.0 Å². The van der Waals surface area contributed by atoms with Crippen LogP contribution in [0.4, 0.5) is 0 Å². The number of hydrogen-bond acceptors (Lipinski definition) is 4. The van der Waals surface area contributed by atoms with Gasteiger partial charge in [-0.05, 0) is 24.6 Å². The highest BCUT2D eigenvalue weighted by Gasteiger charge is 2.23. The maximum absolute atomic E-state index is 12.7. The summed E-state index contributed by atoms with van der Waals surface area (Å²) >= 11 is 0. The SMILES string of the molecule is C=C(C)COc1ccccc1C(=O)N1CCN(CCC#N)CC1. The van der Waals surface area contributed by atoms with Gasteiger partial charge in [0.1, 0.15) is 12.4 Å². The predicted octanol–water partition coefficient (Wildman–Crippen LogP) is 2.31. The number of nitrogens with zero attached hydrogens (tertiary/aromatic N) is 3. The number of nitriles is 1. The molecule has 122 valence electrons. The van der Waals surface area contributed by atoms with Crippen LogP contribution in [0.3, 0.4) is 0 Å². The van der Waals surface area contributed by atoms with Crippen LogP contribution in [0, 0.1) is 11.3 Å². The summed E-state index contributed by atoms with van der Waals surface area (Å²) in [5, 5.41) is 8.64. The van der Waals surface area contributed by atoms with Crippen LogP contribution in [0.15, 0.2) is 36.4 Å². The number of carbonyl (C=O) groups is 1. The van der Waals surface area contributed by atoms with E-state index >= 15 is 0 Å². The molecule has 0 spiro atoms. The Morgan fingerprint density at radius 1 is 1.30 bits per heavy atom. The second kappa shape index (κ2) is 8.35. The average molecular weight is 313 g/mol. The van der Waals surface area contributed by atoms with Gasteiger partial charge in [-0.2, -0.15) is 5.26 Å². The molecule has 1 aliphatic rings. The van der Waals surface area contributed by atoms with Gasteiger partial charge >= 0.3 is 0 Å². The van der Waals surface area contributed by atoms with Crippen LogP contribution in [0.1, 0.15) is 23.7 Å². The normalized spacial score (nSPS) is 15.0. The number of rotatable bonds is 6. The molecule has 1 aliphatic heterocycles. The van der Waals surface area contributed by atoms with E-state index < -0.39 is 0 Å². The fraction of sp³-hybridized carbons (Fsp3) is 0.444. The number of benzene rings is 1. The molecule has 0 unspecified atom stereocenters. The van der Waals surface area contributed by atoms with Crippen molar-refractivity contribution in [3.8, 4) is 11.8 Å². The summed E-state index contributed by atoms with van der Waals surface area (Å²) in [7, 11) is 0. The van der Waals surface area contributed by atoms with Crippen molar-refractivity contribution in [2.45, 2.75) is 13.3 Å². The minimum atomic E-state index is 0.00208. The summed E-state index contributed by atoms with van der Waals surface area (Å²) in [6.07, 6.45) is 0.533. The third-order valence-electron chi connectivity index (χ3n) is 3.79. The fourth-order valence-corrected chi connectivity index (χ4v) is 2.52. The largest absolute Gasteiger partial charge is 0.488 e. The molecule has 1 amide bonds. The molecule has 0 radical (unpaired) electrons. The molecule has 0 atom stereocenters. The maximum Gasteiger partial charge on any atom is 0.257 e. The van der Waals surface area contributed by atoms with Gasteiger partial charge in [0.15, 0.2) is 0 Å². The van der Waals surface area contributed by atoms with Gasteiger partial charge in [0.2, 0.25) is 0 Å². The van der Waals surface area contributed by atoms with E-state index in [1.165, 1.54) is 0 Å². The van der Waals surface area contributed by atoms with Crippen LogP contribution in [0.5, 0.6) is 5.75 Å². The van der Waals surface area contributed by atoms with Crippen molar-refractivity contribution in [3.63, 3.8) is 0 Å². The van der Waals surface area contributed by atoms with Crippen molar-refractivity contribution in [3.05, 3.63) is 42.0 Å². The molecular formula is C18H23N3O2. The van der Waals surface area contributed by atoms with Crippen LogP contribution >= 0.6 is 0 Å². The third kappa shape index (κ3) is 4.83. The smallest absolute Gasteiger partial charge is 0.257 e. The van der Waals surface area contributed by atoms with Crippen molar-refractivity contribution in [2.75, 3.05) is 39.3 Å². The predicted molar refractivity (Wildman–Crippen MR) is 89.3 cm³/mol. The fourth-order valence-electron chi connectivity index (χ4n) is 2.52. The lowest BCUT2D eigenvalue weighted by Gasteiger charge is -2.34. The molecule has 0 N–H and O–H groups in total. The molecule has 0 saturated carbocycles. The highest BCUT2D eigenvalue weighted by molar-refractivity contribution is 5.97. The topological polar surface area (TPSA) is 56.6 Å². The average Bonchev–Trinajstić information content (AvgIpc) is 2.58. The Labute approximate surface area is 137 Å². The van der Waals surface area contributed by atoms with Crippen LogP contribution in [0.2, 0.25) is 0 Å². The molecule has 1 heterocycles. The molecule has 1 saturated heterocycles.